The van der Waals surface area contributed by atoms with Gasteiger partial charge in [0.15, 0.2) is 4.67 Å². The summed E-state index contributed by atoms with van der Waals surface area (Å²) in [7, 11) is 0. The zero-order valence-electron chi connectivity index (χ0n) is 8.94. The molecule has 1 nitrogen and oxygen atoms in total. The van der Waals surface area contributed by atoms with Crippen LogP contribution < -0.4 is 0 Å². The third kappa shape index (κ3) is 1.13. The monoisotopic (exact) mass is 179 g/mol. The van der Waals surface area contributed by atoms with Crippen molar-refractivity contribution in [1.29, 1.82) is 0 Å². The molecule has 0 saturated carbocycles. The first kappa shape index (κ1) is 2.18. The Balaban J connectivity index is 3.07. The second-order valence-electron chi connectivity index (χ2n) is 1.23. The van der Waals surface area contributed by atoms with E-state index < -0.39 is 13.2 Å². The van der Waals surface area contributed by atoms with Crippen molar-refractivity contribution in [3.05, 3.63) is 22.6 Å². The van der Waals surface area contributed by atoms with Gasteiger partial charge in [-0.1, -0.05) is 6.85 Å². The van der Waals surface area contributed by atoms with Gasteiger partial charge in [-0.3, -0.25) is 0 Å². The quantitative estimate of drug-likeness (QED) is 0.647. The van der Waals surface area contributed by atoms with Crippen molar-refractivity contribution in [2.75, 3.05) is 0 Å². The summed E-state index contributed by atoms with van der Waals surface area (Å²) in [6.07, 6.45) is -2.45. The van der Waals surface area contributed by atoms with E-state index in [1.807, 2.05) is 0 Å². The highest BCUT2D eigenvalue weighted by atomic mass is 79.9. The molecule has 0 N–H and O–H groups in total. The molecule has 0 spiro atoms. The lowest BCUT2D eigenvalue weighted by molar-refractivity contribution is 0.494. The highest BCUT2D eigenvalue weighted by molar-refractivity contribution is 9.10. The van der Waals surface area contributed by atoms with Crippen LogP contribution in [0.2, 0.25) is 0 Å². The molecule has 0 fully saturated rings. The number of aryl methyl sites for hydroxylation is 1. The molecule has 0 radical (unpaired) electrons. The van der Waals surface area contributed by atoms with Gasteiger partial charge in [-0.25, -0.2) is 0 Å². The van der Waals surface area contributed by atoms with Crippen LogP contribution in [0.15, 0.2) is 21.2 Å². The fourth-order valence-corrected chi connectivity index (χ4v) is 0.688. The maximum absolute atomic E-state index is 7.32. The molecule has 1 heterocycles. The first-order chi connectivity index (χ1) is 5.75. The van der Waals surface area contributed by atoms with Crippen LogP contribution in [0.1, 0.15) is 19.5 Å². The molecule has 1 aromatic heterocycles. The average Bonchev–Trinajstić information content (AvgIpc) is 2.33. The van der Waals surface area contributed by atoms with E-state index in [1.165, 1.54) is 12.1 Å². The van der Waals surface area contributed by atoms with Crippen molar-refractivity contribution in [1.82, 2.24) is 0 Å². The number of hydrogen-bond donors (Lipinski definition) is 0. The Labute approximate surface area is 63.8 Å². The third-order valence-electron chi connectivity index (χ3n) is 0.696. The van der Waals surface area contributed by atoms with Crippen LogP contribution in [0.5, 0.6) is 0 Å². The summed E-state index contributed by atoms with van der Waals surface area (Å²) >= 11 is 2.97. The first-order valence-corrected chi connectivity index (χ1v) is 2.80. The largest absolute Gasteiger partial charge is 0.454 e. The van der Waals surface area contributed by atoms with Crippen LogP contribution in [0.3, 0.4) is 0 Å². The summed E-state index contributed by atoms with van der Waals surface area (Å²) in [5.41, 5.74) is 0. The van der Waals surface area contributed by atoms with Gasteiger partial charge in [0.2, 0.25) is 0 Å². The molecule has 1 rings (SSSR count). The molecular formula is C6H7BrO. The highest BCUT2D eigenvalue weighted by Crippen LogP contribution is 2.13. The first-order valence-electron chi connectivity index (χ1n) is 4.51. The molecule has 0 saturated heterocycles. The van der Waals surface area contributed by atoms with Gasteiger partial charge in [-0.2, -0.15) is 0 Å². The zero-order chi connectivity index (χ0) is 10.3. The molecule has 0 amide bonds. The van der Waals surface area contributed by atoms with Crippen LogP contribution >= 0.6 is 15.9 Å². The standard InChI is InChI=1S/C6H7BrO/c1-2-5-3-4-6(7)8-5/h3-4H,2H2,1H3/i1D3,2D2. The Morgan fingerprint density at radius 1 is 2.00 bits per heavy atom. The van der Waals surface area contributed by atoms with Crippen LogP contribution in [-0.4, -0.2) is 0 Å². The van der Waals surface area contributed by atoms with Gasteiger partial charge in [0, 0.05) is 13.2 Å². The van der Waals surface area contributed by atoms with Gasteiger partial charge < -0.3 is 4.42 Å². The molecule has 0 atom stereocenters. The lowest BCUT2D eigenvalue weighted by atomic mass is 10.4. The van der Waals surface area contributed by atoms with Crippen LogP contribution in [-0.2, 0) is 6.37 Å². The molecule has 0 unspecified atom stereocenters. The normalized spacial score (nSPS) is 22.4. The second-order valence-corrected chi connectivity index (χ2v) is 2.01. The smallest absolute Gasteiger partial charge is 0.169 e. The maximum Gasteiger partial charge on any atom is 0.169 e. The van der Waals surface area contributed by atoms with E-state index in [0.29, 0.717) is 4.67 Å². The average molecular weight is 180 g/mol. The molecule has 1 aromatic rings. The van der Waals surface area contributed by atoms with Gasteiger partial charge in [-0.15, -0.1) is 0 Å². The summed E-state index contributed by atoms with van der Waals surface area (Å²) in [4.78, 5) is 0. The van der Waals surface area contributed by atoms with Crippen LogP contribution in [0.25, 0.3) is 0 Å². The third-order valence-corrected chi connectivity index (χ3v) is 1.12. The van der Waals surface area contributed by atoms with Crippen molar-refractivity contribution in [2.45, 2.75) is 13.2 Å². The van der Waals surface area contributed by atoms with Crippen molar-refractivity contribution >= 4 is 15.9 Å². The summed E-state index contributed by atoms with van der Waals surface area (Å²) in [6.45, 7) is -2.72. The Morgan fingerprint density at radius 2 is 2.88 bits per heavy atom. The molecule has 0 aliphatic carbocycles. The van der Waals surface area contributed by atoms with Crippen molar-refractivity contribution < 1.29 is 11.3 Å². The summed E-state index contributed by atoms with van der Waals surface area (Å²) in [6, 6.07) is 2.76. The van der Waals surface area contributed by atoms with E-state index in [0.717, 1.165) is 0 Å². The second kappa shape index (κ2) is 2.35. The lowest BCUT2D eigenvalue weighted by Gasteiger charge is -1.81. The van der Waals surface area contributed by atoms with Crippen molar-refractivity contribution in [3.8, 4) is 0 Å². The number of halogens is 1. The van der Waals surface area contributed by atoms with Gasteiger partial charge in [-0.05, 0) is 28.1 Å². The van der Waals surface area contributed by atoms with Gasteiger partial charge in [0.1, 0.15) is 5.76 Å². The number of furan rings is 1. The predicted molar refractivity (Wildman–Crippen MR) is 35.8 cm³/mol. The minimum absolute atomic E-state index is 0.195. The van der Waals surface area contributed by atoms with Gasteiger partial charge in [0.25, 0.3) is 0 Å². The fourth-order valence-electron chi connectivity index (χ4n) is 0.381. The number of hydrogen-bond acceptors (Lipinski definition) is 1. The Morgan fingerprint density at radius 3 is 3.38 bits per heavy atom. The molecule has 2 heteroatoms. The van der Waals surface area contributed by atoms with Crippen LogP contribution in [0.4, 0.5) is 0 Å². The minimum Gasteiger partial charge on any atom is -0.454 e. The zero-order valence-corrected chi connectivity index (χ0v) is 5.53. The van der Waals surface area contributed by atoms with E-state index in [4.69, 9.17) is 11.3 Å². The van der Waals surface area contributed by atoms with E-state index in [-0.39, 0.29) is 5.76 Å². The molecule has 8 heavy (non-hydrogen) atoms. The summed E-state index contributed by atoms with van der Waals surface area (Å²) < 4.78 is 40.7. The Hall–Kier alpha value is -0.240. The van der Waals surface area contributed by atoms with E-state index in [1.54, 1.807) is 0 Å². The van der Waals surface area contributed by atoms with Crippen molar-refractivity contribution in [3.63, 3.8) is 0 Å². The SMILES string of the molecule is [2H]C([2H])([2H])C([2H])([2H])c1ccc(Br)o1. The highest BCUT2D eigenvalue weighted by Gasteiger charge is 1.92. The molecule has 0 aliphatic rings. The van der Waals surface area contributed by atoms with E-state index in [2.05, 4.69) is 15.9 Å². The molecular weight excluding hydrogens is 168 g/mol. The molecule has 0 aliphatic heterocycles. The van der Waals surface area contributed by atoms with E-state index >= 15 is 0 Å². The Bertz CT molecular complexity index is 302. The fraction of sp³-hybridized carbons (Fsp3) is 0.333. The van der Waals surface area contributed by atoms with E-state index in [9.17, 15) is 0 Å². The van der Waals surface area contributed by atoms with Gasteiger partial charge in [0.05, 0.1) is 0 Å². The molecule has 0 bridgehead atoms. The molecule has 0 aromatic carbocycles. The number of rotatable bonds is 1. The molecule has 44 valence electrons. The maximum atomic E-state index is 7.32. The summed E-state index contributed by atoms with van der Waals surface area (Å²) in [5.74, 6) is -0.195. The predicted octanol–water partition coefficient (Wildman–Crippen LogP) is 2.60. The van der Waals surface area contributed by atoms with Crippen molar-refractivity contribution in [2.24, 2.45) is 0 Å². The van der Waals surface area contributed by atoms with Crippen LogP contribution in [0, 0.1) is 0 Å². The minimum atomic E-state index is -2.72. The summed E-state index contributed by atoms with van der Waals surface area (Å²) in [5, 5.41) is 0. The Kier molecular flexibility index (Phi) is 0.641. The van der Waals surface area contributed by atoms with Gasteiger partial charge >= 0.3 is 0 Å². The topological polar surface area (TPSA) is 13.1 Å². The lowest BCUT2D eigenvalue weighted by Crippen LogP contribution is -1.67.